The highest BCUT2D eigenvalue weighted by molar-refractivity contribution is 6.32. The number of pyridine rings is 1. The zero-order valence-corrected chi connectivity index (χ0v) is 17.3. The van der Waals surface area contributed by atoms with Gasteiger partial charge >= 0.3 is 0 Å². The van der Waals surface area contributed by atoms with Gasteiger partial charge in [-0.15, -0.1) is 0 Å². The second-order valence-electron chi connectivity index (χ2n) is 6.87. The molecule has 2 aromatic heterocycles. The molecule has 0 fully saturated rings. The molecule has 152 valence electrons. The molecule has 7 heteroatoms. The third-order valence-corrected chi connectivity index (χ3v) is 5.15. The topological polar surface area (TPSA) is 69.0 Å². The minimum absolute atomic E-state index is 0.0216. The summed E-state index contributed by atoms with van der Waals surface area (Å²) in [4.78, 5) is 21.1. The second kappa shape index (κ2) is 8.97. The van der Waals surface area contributed by atoms with Crippen LogP contribution >= 0.6 is 11.6 Å². The van der Waals surface area contributed by atoms with Crippen molar-refractivity contribution in [3.8, 4) is 11.6 Å². The maximum atomic E-state index is 12.2. The van der Waals surface area contributed by atoms with Crippen molar-refractivity contribution in [1.29, 1.82) is 0 Å². The Morgan fingerprint density at radius 2 is 1.93 bits per heavy atom. The van der Waals surface area contributed by atoms with E-state index >= 15 is 0 Å². The number of methoxy groups -OCH3 is 1. The van der Waals surface area contributed by atoms with Crippen molar-refractivity contribution in [3.05, 3.63) is 83.3 Å². The van der Waals surface area contributed by atoms with Crippen LogP contribution < -0.4 is 10.1 Å². The molecule has 0 atom stereocenters. The Labute approximate surface area is 179 Å². The summed E-state index contributed by atoms with van der Waals surface area (Å²) < 4.78 is 7.09. The lowest BCUT2D eigenvalue weighted by atomic mass is 10.1. The third kappa shape index (κ3) is 4.44. The highest BCUT2D eigenvalue weighted by atomic mass is 35.5. The van der Waals surface area contributed by atoms with Gasteiger partial charge in [0, 0.05) is 19.2 Å². The van der Waals surface area contributed by atoms with Gasteiger partial charge in [0.15, 0.2) is 0 Å². The van der Waals surface area contributed by atoms with E-state index in [2.05, 4.69) is 15.3 Å². The van der Waals surface area contributed by atoms with Crippen LogP contribution in [-0.4, -0.2) is 27.6 Å². The number of imidazole rings is 1. The lowest BCUT2D eigenvalue weighted by Crippen LogP contribution is -2.23. The van der Waals surface area contributed by atoms with E-state index < -0.39 is 0 Å². The number of hydrogen-bond acceptors (Lipinski definition) is 4. The standard InChI is InChI=1S/C23H21ClN4O2/c1-30-21-9-6-16(12-18(21)24)8-11-23(29)26-14-17-7-10-22(25-13-17)28-15-27-19-4-2-3-5-20(19)28/h2-7,9-10,12-13,15H,8,11,14H2,1H3,(H,26,29). The second-order valence-corrected chi connectivity index (χ2v) is 7.28. The molecule has 1 N–H and O–H groups in total. The number of rotatable bonds is 7. The summed E-state index contributed by atoms with van der Waals surface area (Å²) in [6.45, 7) is 0.431. The van der Waals surface area contributed by atoms with Crippen LogP contribution in [-0.2, 0) is 17.8 Å². The van der Waals surface area contributed by atoms with Crippen LogP contribution in [0.5, 0.6) is 5.75 Å². The molecule has 2 heterocycles. The molecule has 4 rings (SSSR count). The fourth-order valence-electron chi connectivity index (χ4n) is 3.22. The number of aryl methyl sites for hydroxylation is 1. The van der Waals surface area contributed by atoms with E-state index in [-0.39, 0.29) is 5.91 Å². The fraction of sp³-hybridized carbons (Fsp3) is 0.174. The van der Waals surface area contributed by atoms with Crippen LogP contribution in [0.3, 0.4) is 0 Å². The molecule has 30 heavy (non-hydrogen) atoms. The summed E-state index contributed by atoms with van der Waals surface area (Å²) in [7, 11) is 1.58. The summed E-state index contributed by atoms with van der Waals surface area (Å²) in [6.07, 6.45) is 4.53. The number of benzene rings is 2. The van der Waals surface area contributed by atoms with Crippen molar-refractivity contribution in [3.63, 3.8) is 0 Å². The van der Waals surface area contributed by atoms with E-state index in [0.29, 0.717) is 30.2 Å². The Morgan fingerprint density at radius 3 is 2.70 bits per heavy atom. The quantitative estimate of drug-likeness (QED) is 0.483. The first kappa shape index (κ1) is 19.9. The van der Waals surface area contributed by atoms with Crippen molar-refractivity contribution in [2.75, 3.05) is 7.11 Å². The number of para-hydroxylation sites is 2. The average Bonchev–Trinajstić information content (AvgIpc) is 3.21. The van der Waals surface area contributed by atoms with Crippen molar-refractivity contribution in [1.82, 2.24) is 19.9 Å². The van der Waals surface area contributed by atoms with Gasteiger partial charge in [0.25, 0.3) is 0 Å². The Hall–Kier alpha value is -3.38. The first-order valence-electron chi connectivity index (χ1n) is 9.60. The molecule has 6 nitrogen and oxygen atoms in total. The molecule has 0 unspecified atom stereocenters. The largest absolute Gasteiger partial charge is 0.495 e. The summed E-state index contributed by atoms with van der Waals surface area (Å²) >= 11 is 6.13. The fourth-order valence-corrected chi connectivity index (χ4v) is 3.50. The van der Waals surface area contributed by atoms with E-state index in [4.69, 9.17) is 16.3 Å². The monoisotopic (exact) mass is 420 g/mol. The number of carbonyl (C=O) groups is 1. The highest BCUT2D eigenvalue weighted by Crippen LogP contribution is 2.25. The lowest BCUT2D eigenvalue weighted by Gasteiger charge is -2.08. The SMILES string of the molecule is COc1ccc(CCC(=O)NCc2ccc(-n3cnc4ccccc43)nc2)cc1Cl. The first-order chi connectivity index (χ1) is 14.6. The van der Waals surface area contributed by atoms with Crippen LogP contribution in [0.15, 0.2) is 67.1 Å². The Balaban J connectivity index is 1.31. The number of aromatic nitrogens is 3. The molecule has 0 bridgehead atoms. The number of amides is 1. The number of nitrogens with one attached hydrogen (secondary N) is 1. The zero-order valence-electron chi connectivity index (χ0n) is 16.5. The number of nitrogens with zero attached hydrogens (tertiary/aromatic N) is 3. The summed E-state index contributed by atoms with van der Waals surface area (Å²) in [5, 5.41) is 3.48. The maximum absolute atomic E-state index is 12.2. The molecule has 0 radical (unpaired) electrons. The first-order valence-corrected chi connectivity index (χ1v) is 9.98. The third-order valence-electron chi connectivity index (χ3n) is 4.86. The molecule has 0 saturated carbocycles. The molecule has 0 spiro atoms. The zero-order chi connectivity index (χ0) is 20.9. The summed E-state index contributed by atoms with van der Waals surface area (Å²) in [5.74, 6) is 1.39. The van der Waals surface area contributed by atoms with E-state index in [1.54, 1.807) is 19.6 Å². The van der Waals surface area contributed by atoms with E-state index in [1.165, 1.54) is 0 Å². The van der Waals surface area contributed by atoms with Crippen molar-refractivity contribution in [2.24, 2.45) is 0 Å². The minimum atomic E-state index is -0.0216. The molecular weight excluding hydrogens is 400 g/mol. The lowest BCUT2D eigenvalue weighted by molar-refractivity contribution is -0.121. The highest BCUT2D eigenvalue weighted by Gasteiger charge is 2.07. The predicted molar refractivity (Wildman–Crippen MR) is 117 cm³/mol. The van der Waals surface area contributed by atoms with E-state index in [9.17, 15) is 4.79 Å². The number of halogens is 1. The number of carbonyl (C=O) groups excluding carboxylic acids is 1. The molecule has 0 aliphatic heterocycles. The van der Waals surface area contributed by atoms with Crippen LogP contribution in [0.4, 0.5) is 0 Å². The number of hydrogen-bond donors (Lipinski definition) is 1. The van der Waals surface area contributed by atoms with Gasteiger partial charge < -0.3 is 10.1 Å². The van der Waals surface area contributed by atoms with Crippen LogP contribution in [0.2, 0.25) is 5.02 Å². The van der Waals surface area contributed by atoms with Gasteiger partial charge in [-0.2, -0.15) is 0 Å². The van der Waals surface area contributed by atoms with Gasteiger partial charge in [-0.25, -0.2) is 9.97 Å². The van der Waals surface area contributed by atoms with Gasteiger partial charge in [-0.05, 0) is 47.9 Å². The summed E-state index contributed by atoms with van der Waals surface area (Å²) in [6, 6.07) is 17.4. The van der Waals surface area contributed by atoms with Gasteiger partial charge in [-0.1, -0.05) is 35.9 Å². The van der Waals surface area contributed by atoms with Crippen LogP contribution in [0.25, 0.3) is 16.9 Å². The van der Waals surface area contributed by atoms with E-state index in [1.807, 2.05) is 59.2 Å². The average molecular weight is 421 g/mol. The summed E-state index contributed by atoms with van der Waals surface area (Å²) in [5.41, 5.74) is 3.86. The van der Waals surface area contributed by atoms with Gasteiger partial charge in [0.05, 0.1) is 23.2 Å². The van der Waals surface area contributed by atoms with Crippen molar-refractivity contribution < 1.29 is 9.53 Å². The minimum Gasteiger partial charge on any atom is -0.495 e. The Kier molecular flexibility index (Phi) is 5.95. The van der Waals surface area contributed by atoms with Crippen molar-refractivity contribution in [2.45, 2.75) is 19.4 Å². The molecule has 0 saturated heterocycles. The van der Waals surface area contributed by atoms with Gasteiger partial charge in [-0.3, -0.25) is 9.36 Å². The molecule has 4 aromatic rings. The van der Waals surface area contributed by atoms with Crippen molar-refractivity contribution >= 4 is 28.5 Å². The Bertz CT molecular complexity index is 1170. The molecular formula is C23H21ClN4O2. The van der Waals surface area contributed by atoms with Gasteiger partial charge in [0.2, 0.25) is 5.91 Å². The maximum Gasteiger partial charge on any atom is 0.220 e. The Morgan fingerprint density at radius 1 is 1.10 bits per heavy atom. The van der Waals surface area contributed by atoms with Crippen LogP contribution in [0.1, 0.15) is 17.5 Å². The van der Waals surface area contributed by atoms with E-state index in [0.717, 1.165) is 28.0 Å². The normalized spacial score (nSPS) is 10.9. The predicted octanol–water partition coefficient (Wildman–Crippen LogP) is 4.33. The number of fused-ring (bicyclic) bond motifs is 1. The molecule has 2 aromatic carbocycles. The molecule has 1 amide bonds. The number of ether oxygens (including phenoxy) is 1. The molecule has 0 aliphatic rings. The molecule has 0 aliphatic carbocycles. The smallest absolute Gasteiger partial charge is 0.220 e. The van der Waals surface area contributed by atoms with Crippen LogP contribution in [0, 0.1) is 0 Å². The van der Waals surface area contributed by atoms with Gasteiger partial charge in [0.1, 0.15) is 17.9 Å².